The predicted molar refractivity (Wildman–Crippen MR) is 463 cm³/mol. The van der Waals surface area contributed by atoms with Gasteiger partial charge in [-0.2, -0.15) is 0 Å². The molecule has 18 aromatic rings. The molecule has 0 aliphatic carbocycles. The van der Waals surface area contributed by atoms with Gasteiger partial charge in [0, 0.05) is 93.2 Å². The van der Waals surface area contributed by atoms with Crippen molar-refractivity contribution < 1.29 is 70.5 Å². The summed E-state index contributed by atoms with van der Waals surface area (Å²) < 4.78 is 0. The molecule has 2 atom stereocenters. The molecule has 118 heavy (non-hydrogen) atoms. The molecule has 0 amide bonds. The van der Waals surface area contributed by atoms with Crippen molar-refractivity contribution >= 4 is 0 Å². The first-order valence-electron chi connectivity index (χ1n) is 37.1. The summed E-state index contributed by atoms with van der Waals surface area (Å²) >= 11 is 0. The summed E-state index contributed by atoms with van der Waals surface area (Å²) in [6.07, 6.45) is 17.6. The maximum absolute atomic E-state index is 8.56. The van der Waals surface area contributed by atoms with Gasteiger partial charge in [-0.25, -0.2) is 35.4 Å². The van der Waals surface area contributed by atoms with E-state index >= 15 is 0 Å². The van der Waals surface area contributed by atoms with E-state index in [1.165, 1.54) is 0 Å². The van der Waals surface area contributed by atoms with Crippen molar-refractivity contribution in [3.63, 3.8) is 0 Å². The van der Waals surface area contributed by atoms with Crippen LogP contribution in [-0.4, -0.2) is 72.3 Å². The molecule has 10 heterocycles. The molecule has 2 unspecified atom stereocenters. The van der Waals surface area contributed by atoms with Gasteiger partial charge in [-0.15, -0.1) is 215 Å². The summed E-state index contributed by atoms with van der Waals surface area (Å²) in [6, 6.07) is 143. The molecule has 2 N–H and O–H groups in total. The minimum atomic E-state index is -0.375. The van der Waals surface area contributed by atoms with Crippen LogP contribution in [-0.2, 0) is 60.3 Å². The van der Waals surface area contributed by atoms with Gasteiger partial charge in [0.1, 0.15) is 0 Å². The van der Waals surface area contributed by atoms with E-state index in [1.54, 1.807) is 63.4 Å². The second kappa shape index (κ2) is 54.8. The van der Waals surface area contributed by atoms with Crippen molar-refractivity contribution in [3.8, 4) is 113 Å². The van der Waals surface area contributed by atoms with E-state index in [9.17, 15) is 0 Å². The first-order chi connectivity index (χ1) is 56.8. The van der Waals surface area contributed by atoms with Crippen LogP contribution in [0.15, 0.2) is 426 Å². The number of rotatable bonds is 12. The fourth-order valence-corrected chi connectivity index (χ4v) is 10.5. The Kier molecular flexibility index (Phi) is 42.9. The number of benzene rings is 8. The fourth-order valence-electron chi connectivity index (χ4n) is 10.5. The minimum absolute atomic E-state index is 0. The molecule has 0 aliphatic rings. The van der Waals surface area contributed by atoms with Crippen LogP contribution in [0.5, 0.6) is 0 Å². The van der Waals surface area contributed by atoms with Crippen LogP contribution in [0.3, 0.4) is 0 Å². The Hall–Kier alpha value is -12.9. The Bertz CT molecular complexity index is 4430. The van der Waals surface area contributed by atoms with E-state index in [0.717, 1.165) is 113 Å². The van der Waals surface area contributed by atoms with Crippen LogP contribution in [0.1, 0.15) is 20.3 Å². The van der Waals surface area contributed by atoms with Crippen molar-refractivity contribution in [2.75, 3.05) is 0 Å². The number of hydrogen-bond donors (Lipinski definition) is 2. The summed E-state index contributed by atoms with van der Waals surface area (Å²) in [5.41, 5.74) is 20.0. The molecule has 0 aliphatic heterocycles. The van der Waals surface area contributed by atoms with Gasteiger partial charge in [0.2, 0.25) is 0 Å². The zero-order valence-corrected chi connectivity index (χ0v) is 71.8. The van der Waals surface area contributed by atoms with Crippen LogP contribution in [0.2, 0.25) is 0 Å². The van der Waals surface area contributed by atoms with E-state index in [-0.39, 0.29) is 72.5 Å². The Morgan fingerprint density at radius 1 is 0.203 bits per heavy atom. The normalized spacial score (nSPS) is 10.1. The number of aromatic nitrogens is 10. The van der Waals surface area contributed by atoms with Gasteiger partial charge in [0.05, 0.1) is 23.6 Å². The van der Waals surface area contributed by atoms with Crippen molar-refractivity contribution in [2.45, 2.75) is 32.5 Å². The van der Waals surface area contributed by atoms with Crippen LogP contribution in [0.4, 0.5) is 0 Å². The topological polar surface area (TPSA) is 169 Å². The molecule has 8 aromatic carbocycles. The molecular weight excluding hydrogens is 1990 g/mol. The predicted octanol–water partition coefficient (Wildman–Crippen LogP) is 22.6. The average molecular weight is 2070 g/mol. The Morgan fingerprint density at radius 3 is 0.492 bits per heavy atom. The first-order valence-corrected chi connectivity index (χ1v) is 37.1. The number of hydrogen-bond acceptors (Lipinski definition) is 12. The molecule has 12 nitrogen and oxygen atoms in total. The van der Waals surface area contributed by atoms with Gasteiger partial charge in [-0.1, -0.05) is 145 Å². The van der Waals surface area contributed by atoms with Crippen LogP contribution < -0.4 is 0 Å². The summed E-state index contributed by atoms with van der Waals surface area (Å²) in [6.45, 7) is 3.32. The molecule has 18 rings (SSSR count). The Balaban J connectivity index is 0.000000184. The third-order valence-corrected chi connectivity index (χ3v) is 16.0. The van der Waals surface area contributed by atoms with Crippen LogP contribution >= 0.6 is 0 Å². The maximum atomic E-state index is 8.56. The Labute approximate surface area is 733 Å². The quantitative estimate of drug-likeness (QED) is 0.111. The van der Waals surface area contributed by atoms with Crippen molar-refractivity contribution in [1.29, 1.82) is 0 Å². The molecule has 0 spiro atoms. The fraction of sp³-hybridized carbons (Fsp3) is 0.0485. The van der Waals surface area contributed by atoms with Crippen molar-refractivity contribution in [2.24, 2.45) is 0 Å². The summed E-state index contributed by atoms with van der Waals surface area (Å²) in [5.74, 6) is 0. The molecule has 0 saturated carbocycles. The average Bonchev–Trinajstić information content (AvgIpc) is 0.835. The van der Waals surface area contributed by atoms with Crippen molar-refractivity contribution in [3.05, 3.63) is 474 Å². The largest absolute Gasteiger partial charge is 3.00 e. The van der Waals surface area contributed by atoms with Gasteiger partial charge in [-0.3, -0.25) is 9.97 Å². The van der Waals surface area contributed by atoms with E-state index in [4.69, 9.17) is 10.2 Å². The smallest absolute Gasteiger partial charge is 0.393 e. The number of aliphatic hydroxyl groups excluding tert-OH is 2. The Morgan fingerprint density at radius 2 is 0.364 bits per heavy atom. The molecule has 10 aromatic heterocycles. The molecule has 0 saturated heterocycles. The van der Waals surface area contributed by atoms with Crippen LogP contribution in [0, 0.1) is 48.5 Å². The van der Waals surface area contributed by atoms with Crippen LogP contribution in [0.25, 0.3) is 113 Å². The van der Waals surface area contributed by atoms with E-state index < -0.39 is 0 Å². The van der Waals surface area contributed by atoms with E-state index in [2.05, 4.69) is 123 Å². The van der Waals surface area contributed by atoms with E-state index in [0.29, 0.717) is 6.42 Å². The van der Waals surface area contributed by atoms with Gasteiger partial charge < -0.3 is 50.1 Å². The molecule has 1 radical (unpaired) electrons. The zero-order valence-electron chi connectivity index (χ0n) is 64.6. The molecular formula is C103H82Ir3N10O2-2. The molecule has 585 valence electrons. The summed E-state index contributed by atoms with van der Waals surface area (Å²) in [7, 11) is 0. The maximum Gasteiger partial charge on any atom is 3.00 e. The number of pyridine rings is 10. The third kappa shape index (κ3) is 33.5. The first kappa shape index (κ1) is 92.3. The second-order valence-electron chi connectivity index (χ2n) is 24.7. The minimum Gasteiger partial charge on any atom is -0.393 e. The summed E-state index contributed by atoms with van der Waals surface area (Å²) in [4.78, 5) is 42.5. The SMILES string of the molecule is CC(O)CC(C)O.[Ir+3].[Ir+3].[Ir].[c-]1cc(-c2ccccn2)[c-]cc1-c1ccccn1.[c-]1ccccc1-c1ccccn1.[c-]1ccccc1-c1ccccn1.[c-]1ccccc1-c1ccccn1.[c-]1ccccc1-c1ccccn1.[c-]1ccccc1-c1ccccn1.[c-]1ccccc1-c1ccccn1.c1ccc(-c2ccc(-c3ccccn3)cc2)nc1. The third-order valence-electron chi connectivity index (χ3n) is 16.0. The molecule has 0 bridgehead atoms. The van der Waals surface area contributed by atoms with Gasteiger partial charge in [0.25, 0.3) is 0 Å². The second-order valence-corrected chi connectivity index (χ2v) is 24.7. The van der Waals surface area contributed by atoms with E-state index in [1.807, 2.05) is 352 Å². The molecule has 15 heteroatoms. The zero-order chi connectivity index (χ0) is 79.6. The summed E-state index contributed by atoms with van der Waals surface area (Å²) in [5, 5.41) is 17.1. The van der Waals surface area contributed by atoms with Crippen molar-refractivity contribution in [1.82, 2.24) is 49.8 Å². The molecule has 0 fully saturated rings. The van der Waals surface area contributed by atoms with Gasteiger partial charge in [0.15, 0.2) is 0 Å². The van der Waals surface area contributed by atoms with Gasteiger partial charge >= 0.3 is 40.2 Å². The number of nitrogens with zero attached hydrogens (tertiary/aromatic N) is 10. The number of aliphatic hydroxyl groups is 2. The monoisotopic (exact) mass is 2070 g/mol. The van der Waals surface area contributed by atoms with Gasteiger partial charge in [-0.05, 0) is 127 Å². The standard InChI is InChI=1S/C16H12N2.C16H10N2.6C11H8N.C5H12O2.3Ir/c2*1-3-11-17-15(5-1)13-7-9-14(10-8-13)16-6-2-4-12-18-16;6*1-2-6-10(7-3-1)11-8-4-5-9-12-11;1-4(6)3-5(2)7;;;/h1-12H;1-7,10-12H;6*1-6,8-9H;4-7H,3H2,1-2H3;;;/q;-2;6*-1;;;2*+3.